The highest BCUT2D eigenvalue weighted by molar-refractivity contribution is 7.89. The summed E-state index contributed by atoms with van der Waals surface area (Å²) in [7, 11) is -3.79. The van der Waals surface area contributed by atoms with Gasteiger partial charge in [0.25, 0.3) is 5.91 Å². The molecule has 216 valence electrons. The van der Waals surface area contributed by atoms with E-state index in [9.17, 15) is 18.0 Å². The Morgan fingerprint density at radius 2 is 1.49 bits per heavy atom. The maximum absolute atomic E-state index is 13.3. The van der Waals surface area contributed by atoms with Gasteiger partial charge in [-0.05, 0) is 41.8 Å². The number of ether oxygens (including phenoxy) is 3. The molecule has 1 N–H and O–H groups in total. The van der Waals surface area contributed by atoms with E-state index in [4.69, 9.17) is 14.2 Å². The largest absolute Gasteiger partial charge is 0.452 e. The monoisotopic (exact) mass is 579 g/mol. The molecular weight excluding hydrogens is 546 g/mol. The molecule has 3 aromatic rings. The molecule has 2 heterocycles. The Bertz CT molecular complexity index is 1470. The number of anilines is 2. The van der Waals surface area contributed by atoms with Gasteiger partial charge in [0.15, 0.2) is 6.61 Å². The first-order chi connectivity index (χ1) is 19.9. The molecule has 0 bridgehead atoms. The topological polar surface area (TPSA) is 114 Å². The zero-order valence-corrected chi connectivity index (χ0v) is 23.5. The van der Waals surface area contributed by atoms with Crippen LogP contribution in [0.5, 0.6) is 0 Å². The molecule has 2 aliphatic heterocycles. The fourth-order valence-corrected chi connectivity index (χ4v) is 6.31. The van der Waals surface area contributed by atoms with Gasteiger partial charge in [-0.3, -0.25) is 4.79 Å². The van der Waals surface area contributed by atoms with Crippen LogP contribution < -0.4 is 10.2 Å². The van der Waals surface area contributed by atoms with Crippen LogP contribution in [0.1, 0.15) is 21.5 Å². The number of esters is 1. The van der Waals surface area contributed by atoms with Crippen molar-refractivity contribution >= 4 is 33.3 Å². The maximum Gasteiger partial charge on any atom is 0.338 e. The highest BCUT2D eigenvalue weighted by Gasteiger charge is 2.28. The number of morpholine rings is 2. The summed E-state index contributed by atoms with van der Waals surface area (Å²) < 4.78 is 44.1. The molecule has 0 aromatic heterocycles. The van der Waals surface area contributed by atoms with Crippen molar-refractivity contribution < 1.29 is 32.2 Å². The van der Waals surface area contributed by atoms with Gasteiger partial charge in [0.2, 0.25) is 10.0 Å². The molecule has 5 rings (SSSR count). The number of carbonyl (C=O) groups is 2. The number of rotatable bonds is 9. The zero-order chi connectivity index (χ0) is 28.7. The van der Waals surface area contributed by atoms with E-state index in [0.717, 1.165) is 11.1 Å². The van der Waals surface area contributed by atoms with E-state index in [0.29, 0.717) is 62.9 Å². The molecule has 11 heteroatoms. The molecule has 0 aliphatic carbocycles. The molecule has 0 spiro atoms. The Morgan fingerprint density at radius 3 is 2.22 bits per heavy atom. The number of benzene rings is 3. The van der Waals surface area contributed by atoms with Crippen molar-refractivity contribution in [1.82, 2.24) is 4.31 Å². The fourth-order valence-electron chi connectivity index (χ4n) is 4.88. The molecule has 41 heavy (non-hydrogen) atoms. The lowest BCUT2D eigenvalue weighted by Gasteiger charge is -2.31. The third-order valence-electron chi connectivity index (χ3n) is 7.01. The molecule has 1 amide bonds. The number of sulfonamides is 1. The second-order valence-corrected chi connectivity index (χ2v) is 11.7. The highest BCUT2D eigenvalue weighted by Crippen LogP contribution is 2.31. The predicted octanol–water partition coefficient (Wildman–Crippen LogP) is 2.93. The smallest absolute Gasteiger partial charge is 0.338 e. The Labute approximate surface area is 239 Å². The van der Waals surface area contributed by atoms with Gasteiger partial charge >= 0.3 is 5.97 Å². The number of amides is 1. The average Bonchev–Trinajstić information content (AvgIpc) is 3.01. The Hall–Kier alpha value is -3.77. The summed E-state index contributed by atoms with van der Waals surface area (Å²) in [6.45, 7) is 2.86. The first-order valence-electron chi connectivity index (χ1n) is 13.6. The summed E-state index contributed by atoms with van der Waals surface area (Å²) in [4.78, 5) is 28.1. The number of hydrogen-bond acceptors (Lipinski definition) is 8. The molecule has 0 unspecified atom stereocenters. The minimum Gasteiger partial charge on any atom is -0.452 e. The van der Waals surface area contributed by atoms with Crippen molar-refractivity contribution in [2.75, 3.05) is 69.4 Å². The van der Waals surface area contributed by atoms with Crippen molar-refractivity contribution in [1.29, 1.82) is 0 Å². The van der Waals surface area contributed by atoms with E-state index < -0.39 is 28.5 Å². The Balaban J connectivity index is 1.31. The summed E-state index contributed by atoms with van der Waals surface area (Å²) in [6, 6.07) is 21.6. The number of hydrogen-bond donors (Lipinski definition) is 1. The molecule has 2 fully saturated rings. The van der Waals surface area contributed by atoms with E-state index >= 15 is 0 Å². The number of nitrogens with one attached hydrogen (secondary N) is 1. The lowest BCUT2D eigenvalue weighted by atomic mass is 10.00. The van der Waals surface area contributed by atoms with E-state index in [-0.39, 0.29) is 18.0 Å². The van der Waals surface area contributed by atoms with E-state index in [1.807, 2.05) is 47.4 Å². The standard InChI is InChI=1S/C30H33N3O7S/c34-29(22-40-30(35)26-9-5-4-8-24(26)20-23-6-2-1-3-7-23)31-27-21-25(41(36,37)33-14-18-39-19-15-33)10-11-28(27)32-12-16-38-17-13-32/h1-11,21H,12-20,22H2,(H,31,34). The summed E-state index contributed by atoms with van der Waals surface area (Å²) in [5.74, 6) is -1.18. The van der Waals surface area contributed by atoms with Crippen LogP contribution in [0.3, 0.4) is 0 Å². The third-order valence-corrected chi connectivity index (χ3v) is 8.91. The van der Waals surface area contributed by atoms with Crippen molar-refractivity contribution in [2.45, 2.75) is 11.3 Å². The van der Waals surface area contributed by atoms with Gasteiger partial charge in [-0.25, -0.2) is 13.2 Å². The second-order valence-electron chi connectivity index (χ2n) is 9.74. The van der Waals surface area contributed by atoms with E-state index in [2.05, 4.69) is 5.32 Å². The number of nitrogens with zero attached hydrogens (tertiary/aromatic N) is 2. The van der Waals surface area contributed by atoms with Crippen LogP contribution >= 0.6 is 0 Å². The molecule has 3 aromatic carbocycles. The van der Waals surface area contributed by atoms with Gasteiger partial charge in [-0.2, -0.15) is 4.31 Å². The lowest BCUT2D eigenvalue weighted by molar-refractivity contribution is -0.119. The maximum atomic E-state index is 13.3. The third kappa shape index (κ3) is 7.12. The van der Waals surface area contributed by atoms with Gasteiger partial charge in [-0.1, -0.05) is 48.5 Å². The van der Waals surface area contributed by atoms with Crippen LogP contribution in [-0.4, -0.2) is 83.8 Å². The summed E-state index contributed by atoms with van der Waals surface area (Å²) >= 11 is 0. The first-order valence-corrected chi connectivity index (χ1v) is 15.0. The van der Waals surface area contributed by atoms with Crippen LogP contribution in [0, 0.1) is 0 Å². The number of carbonyl (C=O) groups excluding carboxylic acids is 2. The van der Waals surface area contributed by atoms with Crippen molar-refractivity contribution in [3.8, 4) is 0 Å². The summed E-state index contributed by atoms with van der Waals surface area (Å²) in [6.07, 6.45) is 0.547. The molecule has 10 nitrogen and oxygen atoms in total. The zero-order valence-electron chi connectivity index (χ0n) is 22.7. The quantitative estimate of drug-likeness (QED) is 0.385. The summed E-state index contributed by atoms with van der Waals surface area (Å²) in [5, 5.41) is 2.78. The molecule has 0 atom stereocenters. The van der Waals surface area contributed by atoms with Gasteiger partial charge < -0.3 is 24.4 Å². The predicted molar refractivity (Wildman–Crippen MR) is 154 cm³/mol. The lowest BCUT2D eigenvalue weighted by Crippen LogP contribution is -2.40. The SMILES string of the molecule is O=C(COC(=O)c1ccccc1Cc1ccccc1)Nc1cc(S(=O)(=O)N2CCOCC2)ccc1N1CCOCC1. The minimum atomic E-state index is -3.79. The van der Waals surface area contributed by atoms with Crippen molar-refractivity contribution in [3.63, 3.8) is 0 Å². The Kier molecular flexibility index (Phi) is 9.30. The molecular formula is C30H33N3O7S. The van der Waals surface area contributed by atoms with E-state index in [1.165, 1.54) is 10.4 Å². The van der Waals surface area contributed by atoms with Gasteiger partial charge in [0.05, 0.1) is 48.3 Å². The van der Waals surface area contributed by atoms with Crippen LogP contribution in [0.25, 0.3) is 0 Å². The molecule has 2 saturated heterocycles. The normalized spacial score (nSPS) is 16.2. The van der Waals surface area contributed by atoms with Crippen LogP contribution in [0.15, 0.2) is 77.7 Å². The minimum absolute atomic E-state index is 0.0681. The van der Waals surface area contributed by atoms with Crippen LogP contribution in [-0.2, 0) is 35.4 Å². The molecule has 0 radical (unpaired) electrons. The highest BCUT2D eigenvalue weighted by atomic mass is 32.2. The van der Waals surface area contributed by atoms with Gasteiger partial charge in [0, 0.05) is 26.2 Å². The van der Waals surface area contributed by atoms with Crippen molar-refractivity contribution in [3.05, 3.63) is 89.5 Å². The molecule has 0 saturated carbocycles. The fraction of sp³-hybridized carbons (Fsp3) is 0.333. The van der Waals surface area contributed by atoms with Gasteiger partial charge in [0.1, 0.15) is 0 Å². The van der Waals surface area contributed by atoms with Crippen LogP contribution in [0.2, 0.25) is 0 Å². The van der Waals surface area contributed by atoms with Gasteiger partial charge in [-0.15, -0.1) is 0 Å². The average molecular weight is 580 g/mol. The Morgan fingerprint density at radius 1 is 0.829 bits per heavy atom. The van der Waals surface area contributed by atoms with Crippen LogP contribution in [0.4, 0.5) is 11.4 Å². The van der Waals surface area contributed by atoms with Crippen molar-refractivity contribution in [2.24, 2.45) is 0 Å². The van der Waals surface area contributed by atoms with E-state index in [1.54, 1.807) is 24.3 Å². The molecule has 2 aliphatic rings. The first kappa shape index (κ1) is 28.7. The second kappa shape index (κ2) is 13.3. The summed E-state index contributed by atoms with van der Waals surface area (Å²) in [5.41, 5.74) is 3.22.